The Bertz CT molecular complexity index is 855. The molecule has 144 valence electrons. The van der Waals surface area contributed by atoms with Gasteiger partial charge in [-0.15, -0.1) is 0 Å². The second-order valence-electron chi connectivity index (χ2n) is 5.37. The van der Waals surface area contributed by atoms with Crippen LogP contribution in [-0.2, 0) is 19.6 Å². The van der Waals surface area contributed by atoms with Gasteiger partial charge in [0.05, 0.1) is 33.9 Å². The van der Waals surface area contributed by atoms with Crippen molar-refractivity contribution in [3.63, 3.8) is 0 Å². The first kappa shape index (κ1) is 23.8. The lowest BCUT2D eigenvalue weighted by molar-refractivity contribution is -0.117. The van der Waals surface area contributed by atoms with Crippen molar-refractivity contribution in [1.29, 1.82) is 0 Å². The van der Waals surface area contributed by atoms with Gasteiger partial charge < -0.3 is 9.80 Å². The Kier molecular flexibility index (Phi) is 8.10. The molecule has 0 unspecified atom stereocenters. The highest BCUT2D eigenvalue weighted by Gasteiger charge is 2.30. The molecule has 0 aliphatic carbocycles. The number of nitrogens with zero attached hydrogens (tertiary/aromatic N) is 2. The smallest absolute Gasteiger partial charge is 0.267 e. The predicted molar refractivity (Wildman–Crippen MR) is 125 cm³/mol. The summed E-state index contributed by atoms with van der Waals surface area (Å²) in [6, 6.07) is 0. The number of nitrogens with one attached hydrogen (secondary N) is 1. The molecule has 0 saturated carbocycles. The van der Waals surface area contributed by atoms with Gasteiger partial charge in [-0.25, -0.2) is 13.1 Å². The molecule has 0 saturated heterocycles. The van der Waals surface area contributed by atoms with Crippen LogP contribution >= 0.6 is 67.8 Å². The van der Waals surface area contributed by atoms with Crippen LogP contribution in [0.1, 0.15) is 24.2 Å². The molecule has 0 aromatic heterocycles. The molecule has 1 aromatic rings. The number of benzene rings is 1. The number of rotatable bonds is 4. The number of amides is 3. The Balaban J connectivity index is 3.93. The van der Waals surface area contributed by atoms with Gasteiger partial charge in [0.15, 0.2) is 0 Å². The van der Waals surface area contributed by atoms with E-state index in [1.165, 1.54) is 23.6 Å². The molecule has 1 aromatic carbocycles. The highest BCUT2D eigenvalue weighted by molar-refractivity contribution is 14.1. The van der Waals surface area contributed by atoms with E-state index >= 15 is 0 Å². The average Bonchev–Trinajstić information content (AvgIpc) is 2.44. The Morgan fingerprint density at radius 3 is 1.46 bits per heavy atom. The lowest BCUT2D eigenvalue weighted by Crippen LogP contribution is -2.34. The van der Waals surface area contributed by atoms with Crippen LogP contribution in [0, 0.1) is 10.7 Å². The Morgan fingerprint density at radius 1 is 0.846 bits per heavy atom. The molecule has 0 fully saturated rings. The molecule has 0 radical (unpaired) electrons. The van der Waals surface area contributed by atoms with Gasteiger partial charge in [0.1, 0.15) is 0 Å². The Labute approximate surface area is 192 Å². The number of hydrogen-bond donors (Lipinski definition) is 1. The summed E-state index contributed by atoms with van der Waals surface area (Å²) in [6.45, 7) is 2.74. The minimum Gasteiger partial charge on any atom is -0.314 e. The summed E-state index contributed by atoms with van der Waals surface area (Å²) in [6.07, 6.45) is 0.878. The van der Waals surface area contributed by atoms with Crippen molar-refractivity contribution >= 4 is 107 Å². The van der Waals surface area contributed by atoms with Crippen molar-refractivity contribution in [2.45, 2.75) is 13.8 Å². The molecule has 0 heterocycles. The monoisotopic (exact) mass is 719 g/mol. The molecule has 0 spiro atoms. The molecule has 26 heavy (non-hydrogen) atoms. The molecular weight excluding hydrogens is 703 g/mol. The van der Waals surface area contributed by atoms with Gasteiger partial charge in [-0.05, 0) is 67.8 Å². The summed E-state index contributed by atoms with van der Waals surface area (Å²) >= 11 is 5.82. The number of hydrogen-bond acceptors (Lipinski definition) is 5. The number of sulfonamides is 1. The van der Waals surface area contributed by atoms with Crippen molar-refractivity contribution in [3.05, 3.63) is 16.3 Å². The standard InChI is InChI=1S/C14H16I3N3O5S/c1-6(21)19(3)12-9(15)8(14(23)18-26(5,24)25)10(16)13(11(12)17)20(4)7(2)22/h1-5H3,(H,18,23). The maximum absolute atomic E-state index is 12.6. The number of carbonyl (C=O) groups is 3. The van der Waals surface area contributed by atoms with E-state index in [4.69, 9.17) is 0 Å². The molecule has 8 nitrogen and oxygen atoms in total. The Morgan fingerprint density at radius 2 is 1.19 bits per heavy atom. The van der Waals surface area contributed by atoms with Crippen molar-refractivity contribution in [2.75, 3.05) is 30.2 Å². The predicted octanol–water partition coefficient (Wildman–Crippen LogP) is 2.16. The van der Waals surface area contributed by atoms with Gasteiger partial charge in [0, 0.05) is 27.9 Å². The van der Waals surface area contributed by atoms with Crippen molar-refractivity contribution in [2.24, 2.45) is 0 Å². The van der Waals surface area contributed by atoms with E-state index in [-0.39, 0.29) is 17.4 Å². The third kappa shape index (κ3) is 5.18. The van der Waals surface area contributed by atoms with Gasteiger partial charge in [-0.1, -0.05) is 0 Å². The molecule has 0 bridgehead atoms. The second kappa shape index (κ2) is 8.85. The van der Waals surface area contributed by atoms with Crippen molar-refractivity contribution in [3.8, 4) is 0 Å². The van der Waals surface area contributed by atoms with Gasteiger partial charge in [0.2, 0.25) is 21.8 Å². The fourth-order valence-electron chi connectivity index (χ4n) is 1.96. The zero-order valence-corrected chi connectivity index (χ0v) is 21.8. The summed E-state index contributed by atoms with van der Waals surface area (Å²) in [5.41, 5.74) is 0.949. The van der Waals surface area contributed by atoms with Crippen LogP contribution in [0.2, 0.25) is 0 Å². The molecule has 0 aliphatic heterocycles. The first-order valence-corrected chi connectivity index (χ1v) is 12.0. The lowest BCUT2D eigenvalue weighted by Gasteiger charge is -2.27. The minimum atomic E-state index is -3.78. The van der Waals surface area contributed by atoms with Gasteiger partial charge in [-0.3, -0.25) is 14.4 Å². The maximum atomic E-state index is 12.6. The van der Waals surface area contributed by atoms with Gasteiger partial charge in [0.25, 0.3) is 5.91 Å². The van der Waals surface area contributed by atoms with E-state index in [1.54, 1.807) is 14.1 Å². The fourth-order valence-corrected chi connectivity index (χ4v) is 7.50. The molecule has 1 N–H and O–H groups in total. The van der Waals surface area contributed by atoms with Crippen LogP contribution in [0.5, 0.6) is 0 Å². The summed E-state index contributed by atoms with van der Waals surface area (Å²) < 4.78 is 26.3. The van der Waals surface area contributed by atoms with Crippen LogP contribution in [0.25, 0.3) is 0 Å². The van der Waals surface area contributed by atoms with Crippen molar-refractivity contribution < 1.29 is 22.8 Å². The van der Waals surface area contributed by atoms with Crippen LogP contribution < -0.4 is 14.5 Å². The van der Waals surface area contributed by atoms with Crippen LogP contribution in [0.15, 0.2) is 0 Å². The Hall–Kier alpha value is -0.230. The van der Waals surface area contributed by atoms with Crippen LogP contribution in [0.4, 0.5) is 11.4 Å². The normalized spacial score (nSPS) is 11.1. The average molecular weight is 719 g/mol. The summed E-state index contributed by atoms with van der Waals surface area (Å²) in [7, 11) is -0.691. The fraction of sp³-hybridized carbons (Fsp3) is 0.357. The van der Waals surface area contributed by atoms with E-state index in [1.807, 2.05) is 72.5 Å². The highest BCUT2D eigenvalue weighted by Crippen LogP contribution is 2.41. The SMILES string of the molecule is CC(=O)N(C)c1c(I)c(C(=O)NS(C)(=O)=O)c(I)c(N(C)C(C)=O)c1I. The van der Waals surface area contributed by atoms with E-state index in [2.05, 4.69) is 0 Å². The van der Waals surface area contributed by atoms with Crippen molar-refractivity contribution in [1.82, 2.24) is 4.72 Å². The molecule has 12 heteroatoms. The van der Waals surface area contributed by atoms with E-state index in [0.29, 0.717) is 22.1 Å². The number of carbonyl (C=O) groups excluding carboxylic acids is 3. The van der Waals surface area contributed by atoms with Gasteiger partial charge in [-0.2, -0.15) is 0 Å². The highest BCUT2D eigenvalue weighted by atomic mass is 127. The van der Waals surface area contributed by atoms with Gasteiger partial charge >= 0.3 is 0 Å². The summed E-state index contributed by atoms with van der Waals surface area (Å²) in [5, 5.41) is 0. The zero-order valence-electron chi connectivity index (χ0n) is 14.5. The zero-order chi connectivity index (χ0) is 20.6. The largest absolute Gasteiger partial charge is 0.314 e. The summed E-state index contributed by atoms with van der Waals surface area (Å²) in [4.78, 5) is 39.1. The quantitative estimate of drug-likeness (QED) is 0.481. The van der Waals surface area contributed by atoms with E-state index < -0.39 is 15.9 Å². The van der Waals surface area contributed by atoms with E-state index in [9.17, 15) is 22.8 Å². The molecule has 3 amide bonds. The second-order valence-corrected chi connectivity index (χ2v) is 10.4. The number of halogens is 3. The lowest BCUT2D eigenvalue weighted by atomic mass is 10.1. The van der Waals surface area contributed by atoms with E-state index in [0.717, 1.165) is 6.26 Å². The summed E-state index contributed by atoms with van der Waals surface area (Å²) in [5.74, 6) is -1.37. The molecular formula is C14H16I3N3O5S. The topological polar surface area (TPSA) is 104 Å². The third-order valence-electron chi connectivity index (χ3n) is 3.39. The molecule has 1 rings (SSSR count). The number of anilines is 2. The third-order valence-corrected chi connectivity index (χ3v) is 7.07. The minimum absolute atomic E-state index is 0.0863. The first-order valence-electron chi connectivity index (χ1n) is 6.91. The molecule has 0 atom stereocenters. The van der Waals surface area contributed by atoms with Crippen LogP contribution in [-0.4, -0.2) is 46.5 Å². The maximum Gasteiger partial charge on any atom is 0.267 e. The molecule has 0 aliphatic rings. The first-order chi connectivity index (χ1) is 11.7. The van der Waals surface area contributed by atoms with Crippen LogP contribution in [0.3, 0.4) is 0 Å².